The van der Waals surface area contributed by atoms with Gasteiger partial charge in [-0.15, -0.1) is 0 Å². The van der Waals surface area contributed by atoms with E-state index in [4.69, 9.17) is 28.3 Å². The molecule has 0 aliphatic carbocycles. The summed E-state index contributed by atoms with van der Waals surface area (Å²) in [6, 6.07) is 4.58. The lowest BCUT2D eigenvalue weighted by Gasteiger charge is -2.06. The number of carboxylic acid groups (broad SMARTS) is 1. The van der Waals surface area contributed by atoms with Gasteiger partial charge in [0.1, 0.15) is 0 Å². The third-order valence-electron chi connectivity index (χ3n) is 2.03. The Morgan fingerprint density at radius 1 is 1.29 bits per heavy atom. The van der Waals surface area contributed by atoms with E-state index in [1.165, 1.54) is 12.1 Å². The highest BCUT2D eigenvalue weighted by Gasteiger charge is 2.10. The van der Waals surface area contributed by atoms with E-state index in [0.29, 0.717) is 23.6 Å². The summed E-state index contributed by atoms with van der Waals surface area (Å²) in [5.74, 6) is -1.22. The lowest BCUT2D eigenvalue weighted by Crippen LogP contribution is -2.25. The fourth-order valence-electron chi connectivity index (χ4n) is 1.21. The lowest BCUT2D eigenvalue weighted by molar-refractivity contribution is -0.137. The van der Waals surface area contributed by atoms with Crippen LogP contribution in [0.2, 0.25) is 10.0 Å². The number of halogens is 2. The summed E-state index contributed by atoms with van der Waals surface area (Å²) in [5.41, 5.74) is 0.325. The molecule has 0 saturated carbocycles. The first-order valence-corrected chi connectivity index (χ1v) is 5.71. The van der Waals surface area contributed by atoms with Crippen LogP contribution in [0.1, 0.15) is 23.2 Å². The van der Waals surface area contributed by atoms with Crippen molar-refractivity contribution in [3.8, 4) is 0 Å². The fourth-order valence-corrected chi connectivity index (χ4v) is 1.70. The van der Waals surface area contributed by atoms with E-state index in [1.54, 1.807) is 6.07 Å². The second-order valence-electron chi connectivity index (χ2n) is 3.38. The molecule has 0 saturated heterocycles. The molecule has 0 bridgehead atoms. The molecule has 0 spiro atoms. The Bertz CT molecular complexity index is 435. The highest BCUT2D eigenvalue weighted by Crippen LogP contribution is 2.20. The normalized spacial score (nSPS) is 10.0. The van der Waals surface area contributed by atoms with Gasteiger partial charge < -0.3 is 10.4 Å². The predicted octanol–water partition coefficient (Wildman–Crippen LogP) is 2.59. The number of amides is 1. The topological polar surface area (TPSA) is 66.4 Å². The first-order valence-electron chi connectivity index (χ1n) is 4.95. The van der Waals surface area contributed by atoms with Crippen molar-refractivity contribution >= 4 is 35.1 Å². The van der Waals surface area contributed by atoms with Crippen molar-refractivity contribution in [1.29, 1.82) is 0 Å². The van der Waals surface area contributed by atoms with Gasteiger partial charge in [0.15, 0.2) is 0 Å². The maximum Gasteiger partial charge on any atom is 0.303 e. The molecule has 6 heteroatoms. The van der Waals surface area contributed by atoms with Crippen LogP contribution in [0.15, 0.2) is 18.2 Å². The predicted molar refractivity (Wildman–Crippen MR) is 65.7 cm³/mol. The van der Waals surface area contributed by atoms with E-state index in [1.807, 2.05) is 0 Å². The molecule has 0 radical (unpaired) electrons. The molecule has 1 rings (SSSR count). The Hall–Kier alpha value is -1.26. The van der Waals surface area contributed by atoms with Crippen molar-refractivity contribution in [3.05, 3.63) is 33.8 Å². The van der Waals surface area contributed by atoms with Crippen LogP contribution in [0.4, 0.5) is 0 Å². The van der Waals surface area contributed by atoms with Crippen molar-refractivity contribution in [2.75, 3.05) is 6.54 Å². The summed E-state index contributed by atoms with van der Waals surface area (Å²) in [7, 11) is 0. The maximum absolute atomic E-state index is 11.6. The van der Waals surface area contributed by atoms with Gasteiger partial charge in [-0.05, 0) is 24.6 Å². The number of benzene rings is 1. The number of carbonyl (C=O) groups excluding carboxylic acids is 1. The van der Waals surface area contributed by atoms with Gasteiger partial charge in [-0.25, -0.2) is 0 Å². The quantitative estimate of drug-likeness (QED) is 0.812. The van der Waals surface area contributed by atoms with Crippen molar-refractivity contribution in [2.24, 2.45) is 0 Å². The summed E-state index contributed by atoms with van der Waals surface area (Å²) >= 11 is 11.6. The van der Waals surface area contributed by atoms with Crippen molar-refractivity contribution in [2.45, 2.75) is 12.8 Å². The molecule has 4 nitrogen and oxygen atoms in total. The second kappa shape index (κ2) is 6.47. The summed E-state index contributed by atoms with van der Waals surface area (Å²) in [6.07, 6.45) is 0.404. The first kappa shape index (κ1) is 13.8. The van der Waals surface area contributed by atoms with Crippen LogP contribution in [0.3, 0.4) is 0 Å². The number of carboxylic acids is 1. The minimum atomic E-state index is -0.885. The van der Waals surface area contributed by atoms with Gasteiger partial charge in [-0.1, -0.05) is 23.2 Å². The number of rotatable bonds is 5. The molecule has 0 heterocycles. The molecule has 17 heavy (non-hydrogen) atoms. The van der Waals surface area contributed by atoms with Crippen molar-refractivity contribution < 1.29 is 14.7 Å². The van der Waals surface area contributed by atoms with Crippen LogP contribution in [0, 0.1) is 0 Å². The van der Waals surface area contributed by atoms with Crippen LogP contribution in [-0.4, -0.2) is 23.5 Å². The van der Waals surface area contributed by atoms with E-state index in [2.05, 4.69) is 5.32 Å². The molecule has 0 atom stereocenters. The Balaban J connectivity index is 2.50. The number of carbonyl (C=O) groups is 2. The first-order chi connectivity index (χ1) is 8.00. The minimum absolute atomic E-state index is 0.0225. The van der Waals surface area contributed by atoms with Crippen molar-refractivity contribution in [3.63, 3.8) is 0 Å². The van der Waals surface area contributed by atoms with Crippen molar-refractivity contribution in [1.82, 2.24) is 5.32 Å². The third kappa shape index (κ3) is 4.63. The Labute approximate surface area is 109 Å². The summed E-state index contributed by atoms with van der Waals surface area (Å²) in [4.78, 5) is 21.9. The number of aliphatic carboxylic acids is 1. The summed E-state index contributed by atoms with van der Waals surface area (Å²) < 4.78 is 0. The monoisotopic (exact) mass is 275 g/mol. The zero-order valence-corrected chi connectivity index (χ0v) is 10.4. The molecular weight excluding hydrogens is 265 g/mol. The van der Waals surface area contributed by atoms with Gasteiger partial charge in [0, 0.05) is 18.0 Å². The smallest absolute Gasteiger partial charge is 0.303 e. The van der Waals surface area contributed by atoms with E-state index in [0.717, 1.165) is 0 Å². The molecule has 1 amide bonds. The standard InChI is InChI=1S/C11H11Cl2NO3/c12-7-3-4-8(9(13)6-7)11(17)14-5-1-2-10(15)16/h3-4,6H,1-2,5H2,(H,14,17)(H,15,16). The number of hydrogen-bond donors (Lipinski definition) is 2. The highest BCUT2D eigenvalue weighted by atomic mass is 35.5. The van der Waals surface area contributed by atoms with Gasteiger partial charge in [0.05, 0.1) is 10.6 Å². The van der Waals surface area contributed by atoms with E-state index >= 15 is 0 Å². The van der Waals surface area contributed by atoms with Gasteiger partial charge >= 0.3 is 5.97 Å². The van der Waals surface area contributed by atoms with Crippen LogP contribution >= 0.6 is 23.2 Å². The molecule has 0 aliphatic heterocycles. The van der Waals surface area contributed by atoms with E-state index in [9.17, 15) is 9.59 Å². The minimum Gasteiger partial charge on any atom is -0.481 e. The maximum atomic E-state index is 11.6. The Kier molecular flexibility index (Phi) is 5.25. The molecule has 1 aromatic rings. The van der Waals surface area contributed by atoms with Crippen LogP contribution in [0.5, 0.6) is 0 Å². The highest BCUT2D eigenvalue weighted by molar-refractivity contribution is 6.36. The average Bonchev–Trinajstić information content (AvgIpc) is 2.23. The second-order valence-corrected chi connectivity index (χ2v) is 4.22. The number of hydrogen-bond acceptors (Lipinski definition) is 2. The zero-order chi connectivity index (χ0) is 12.8. The molecule has 92 valence electrons. The van der Waals surface area contributed by atoms with E-state index < -0.39 is 5.97 Å². The number of nitrogens with one attached hydrogen (secondary N) is 1. The molecule has 0 aliphatic rings. The molecule has 2 N–H and O–H groups in total. The summed E-state index contributed by atoms with van der Waals surface area (Å²) in [5, 5.41) is 11.7. The molecule has 0 fully saturated rings. The van der Waals surface area contributed by atoms with Crippen LogP contribution in [0.25, 0.3) is 0 Å². The van der Waals surface area contributed by atoms with Gasteiger partial charge in [0.2, 0.25) is 0 Å². The van der Waals surface area contributed by atoms with Gasteiger partial charge in [-0.2, -0.15) is 0 Å². The van der Waals surface area contributed by atoms with Crippen LogP contribution in [-0.2, 0) is 4.79 Å². The molecule has 0 unspecified atom stereocenters. The molecular formula is C11H11Cl2NO3. The SMILES string of the molecule is O=C(O)CCCNC(=O)c1ccc(Cl)cc1Cl. The van der Waals surface area contributed by atoms with Gasteiger partial charge in [0.25, 0.3) is 5.91 Å². The molecule has 1 aromatic carbocycles. The van der Waals surface area contributed by atoms with Crippen LogP contribution < -0.4 is 5.32 Å². The Morgan fingerprint density at radius 2 is 2.00 bits per heavy atom. The molecule has 0 aromatic heterocycles. The fraction of sp³-hybridized carbons (Fsp3) is 0.273. The zero-order valence-electron chi connectivity index (χ0n) is 8.87. The van der Waals surface area contributed by atoms with E-state index in [-0.39, 0.29) is 17.4 Å². The largest absolute Gasteiger partial charge is 0.481 e. The lowest BCUT2D eigenvalue weighted by atomic mass is 10.2. The third-order valence-corrected chi connectivity index (χ3v) is 2.58. The van der Waals surface area contributed by atoms with Gasteiger partial charge in [-0.3, -0.25) is 9.59 Å². The average molecular weight is 276 g/mol. The summed E-state index contributed by atoms with van der Waals surface area (Å²) in [6.45, 7) is 0.296. The Morgan fingerprint density at radius 3 is 2.59 bits per heavy atom.